The van der Waals surface area contributed by atoms with Crippen LogP contribution in [0.4, 0.5) is 0 Å². The van der Waals surface area contributed by atoms with E-state index in [-0.39, 0.29) is 11.2 Å². The van der Waals surface area contributed by atoms with Crippen molar-refractivity contribution < 1.29 is 14.3 Å². The monoisotopic (exact) mass is 290 g/mol. The molecule has 0 radical (unpaired) electrons. The quantitative estimate of drug-likeness (QED) is 0.838. The van der Waals surface area contributed by atoms with Crippen LogP contribution in [0, 0.1) is 0 Å². The average molecular weight is 290 g/mol. The minimum atomic E-state index is -1.04. The van der Waals surface area contributed by atoms with Gasteiger partial charge in [-0.25, -0.2) is 4.79 Å². The highest BCUT2D eigenvalue weighted by Gasteiger charge is 2.13. The Morgan fingerprint density at radius 2 is 1.80 bits per heavy atom. The average Bonchev–Trinajstić information content (AvgIpc) is 2.85. The minimum Gasteiger partial charge on any atom is -0.475 e. The van der Waals surface area contributed by atoms with E-state index in [0.717, 1.165) is 5.75 Å². The van der Waals surface area contributed by atoms with Gasteiger partial charge < -0.3 is 9.52 Å². The fourth-order valence-corrected chi connectivity index (χ4v) is 2.58. The summed E-state index contributed by atoms with van der Waals surface area (Å²) in [5, 5.41) is 9.41. The molecule has 0 aliphatic carbocycles. The number of hydrogen-bond acceptors (Lipinski definition) is 3. The Balaban J connectivity index is 1.98. The molecular formula is C16H18O3S. The van der Waals surface area contributed by atoms with Gasteiger partial charge in [0.2, 0.25) is 5.76 Å². The summed E-state index contributed by atoms with van der Waals surface area (Å²) in [6, 6.07) is 11.7. The van der Waals surface area contributed by atoms with Crippen LogP contribution in [0.1, 0.15) is 42.5 Å². The molecule has 0 spiro atoms. The van der Waals surface area contributed by atoms with E-state index >= 15 is 0 Å². The topological polar surface area (TPSA) is 50.4 Å². The Labute approximate surface area is 123 Å². The lowest BCUT2D eigenvalue weighted by atomic mass is 9.87. The third-order valence-corrected chi connectivity index (χ3v) is 3.97. The van der Waals surface area contributed by atoms with E-state index in [1.54, 1.807) is 6.07 Å². The molecule has 2 rings (SSSR count). The molecule has 1 aromatic carbocycles. The molecular weight excluding hydrogens is 272 g/mol. The molecule has 0 amide bonds. The van der Waals surface area contributed by atoms with E-state index < -0.39 is 5.97 Å². The molecule has 3 nitrogen and oxygen atoms in total. The summed E-state index contributed by atoms with van der Waals surface area (Å²) in [4.78, 5) is 10.7. The van der Waals surface area contributed by atoms with E-state index in [0.29, 0.717) is 5.09 Å². The van der Waals surface area contributed by atoms with Crippen molar-refractivity contribution in [1.82, 2.24) is 0 Å². The SMILES string of the molecule is CC(C)(C)c1ccc(CSc2ccc(C(=O)O)o2)cc1. The Kier molecular flexibility index (Phi) is 4.23. The van der Waals surface area contributed by atoms with Crippen molar-refractivity contribution >= 4 is 17.7 Å². The summed E-state index contributed by atoms with van der Waals surface area (Å²) in [5.74, 6) is -0.293. The maximum atomic E-state index is 10.7. The molecule has 2 aromatic rings. The van der Waals surface area contributed by atoms with E-state index in [2.05, 4.69) is 45.0 Å². The fraction of sp³-hybridized carbons (Fsp3) is 0.312. The first-order chi connectivity index (χ1) is 9.36. The van der Waals surface area contributed by atoms with Gasteiger partial charge in [0.15, 0.2) is 5.09 Å². The van der Waals surface area contributed by atoms with Gasteiger partial charge in [0, 0.05) is 5.75 Å². The second-order valence-corrected chi connectivity index (χ2v) is 6.64. The van der Waals surface area contributed by atoms with Gasteiger partial charge in [-0.05, 0) is 28.7 Å². The molecule has 4 heteroatoms. The van der Waals surface area contributed by atoms with Crippen LogP contribution >= 0.6 is 11.8 Å². The van der Waals surface area contributed by atoms with Crippen molar-refractivity contribution in [2.45, 2.75) is 37.0 Å². The number of benzene rings is 1. The number of hydrogen-bond donors (Lipinski definition) is 1. The molecule has 1 aromatic heterocycles. The Morgan fingerprint density at radius 3 is 2.30 bits per heavy atom. The van der Waals surface area contributed by atoms with Gasteiger partial charge in [0.1, 0.15) is 0 Å². The molecule has 0 bridgehead atoms. The van der Waals surface area contributed by atoms with Crippen LogP contribution in [-0.4, -0.2) is 11.1 Å². The summed E-state index contributed by atoms with van der Waals surface area (Å²) in [5.41, 5.74) is 2.65. The van der Waals surface area contributed by atoms with Crippen LogP contribution in [0.15, 0.2) is 45.9 Å². The number of carbonyl (C=O) groups is 1. The van der Waals surface area contributed by atoms with E-state index in [9.17, 15) is 4.79 Å². The van der Waals surface area contributed by atoms with Crippen LogP contribution in [-0.2, 0) is 11.2 Å². The van der Waals surface area contributed by atoms with E-state index in [1.165, 1.54) is 29.0 Å². The third-order valence-electron chi connectivity index (χ3n) is 2.99. The van der Waals surface area contributed by atoms with Gasteiger partial charge >= 0.3 is 5.97 Å². The lowest BCUT2D eigenvalue weighted by Gasteiger charge is -2.19. The van der Waals surface area contributed by atoms with Crippen LogP contribution in [0.5, 0.6) is 0 Å². The minimum absolute atomic E-state index is 0.0180. The molecule has 0 unspecified atom stereocenters. The van der Waals surface area contributed by atoms with Crippen molar-refractivity contribution in [3.63, 3.8) is 0 Å². The molecule has 0 saturated carbocycles. The summed E-state index contributed by atoms with van der Waals surface area (Å²) in [7, 11) is 0. The number of rotatable bonds is 4. The molecule has 0 aliphatic rings. The van der Waals surface area contributed by atoms with E-state index in [1.807, 2.05) is 0 Å². The molecule has 0 aliphatic heterocycles. The fourth-order valence-electron chi connectivity index (χ4n) is 1.77. The maximum Gasteiger partial charge on any atom is 0.371 e. The lowest BCUT2D eigenvalue weighted by Crippen LogP contribution is -2.10. The maximum absolute atomic E-state index is 10.7. The molecule has 0 atom stereocenters. The van der Waals surface area contributed by atoms with Crippen molar-refractivity contribution in [3.05, 3.63) is 53.3 Å². The summed E-state index contributed by atoms with van der Waals surface area (Å²) < 4.78 is 5.21. The van der Waals surface area contributed by atoms with Crippen LogP contribution in [0.3, 0.4) is 0 Å². The van der Waals surface area contributed by atoms with Crippen LogP contribution in [0.2, 0.25) is 0 Å². The highest BCUT2D eigenvalue weighted by molar-refractivity contribution is 7.98. The Morgan fingerprint density at radius 1 is 1.15 bits per heavy atom. The first-order valence-corrected chi connectivity index (χ1v) is 7.40. The lowest BCUT2D eigenvalue weighted by molar-refractivity contribution is 0.0656. The van der Waals surface area contributed by atoms with Gasteiger partial charge in [-0.3, -0.25) is 0 Å². The Hall–Kier alpha value is -1.68. The van der Waals surface area contributed by atoms with Gasteiger partial charge in [-0.2, -0.15) is 0 Å². The highest BCUT2D eigenvalue weighted by Crippen LogP contribution is 2.27. The van der Waals surface area contributed by atoms with Crippen molar-refractivity contribution in [2.75, 3.05) is 0 Å². The summed E-state index contributed by atoms with van der Waals surface area (Å²) in [6.07, 6.45) is 0. The largest absolute Gasteiger partial charge is 0.475 e. The predicted octanol–water partition coefficient (Wildman–Crippen LogP) is 4.57. The van der Waals surface area contributed by atoms with Crippen LogP contribution < -0.4 is 0 Å². The van der Waals surface area contributed by atoms with Crippen molar-refractivity contribution in [1.29, 1.82) is 0 Å². The number of thioether (sulfide) groups is 1. The molecule has 0 saturated heterocycles. The number of aromatic carboxylic acids is 1. The standard InChI is InChI=1S/C16H18O3S/c1-16(2,3)12-6-4-11(5-7-12)10-20-14-9-8-13(19-14)15(17)18/h4-9H,10H2,1-3H3,(H,17,18). The summed E-state index contributed by atoms with van der Waals surface area (Å²) in [6.45, 7) is 6.56. The second-order valence-electron chi connectivity index (χ2n) is 5.66. The highest BCUT2D eigenvalue weighted by atomic mass is 32.2. The zero-order valence-corrected chi connectivity index (χ0v) is 12.7. The zero-order chi connectivity index (χ0) is 14.8. The number of furan rings is 1. The molecule has 106 valence electrons. The molecule has 0 fully saturated rings. The van der Waals surface area contributed by atoms with Crippen LogP contribution in [0.25, 0.3) is 0 Å². The smallest absolute Gasteiger partial charge is 0.371 e. The van der Waals surface area contributed by atoms with Gasteiger partial charge in [0.25, 0.3) is 0 Å². The molecule has 1 N–H and O–H groups in total. The van der Waals surface area contributed by atoms with E-state index in [4.69, 9.17) is 9.52 Å². The summed E-state index contributed by atoms with van der Waals surface area (Å²) >= 11 is 1.50. The first kappa shape index (κ1) is 14.7. The van der Waals surface area contributed by atoms with Crippen molar-refractivity contribution in [2.24, 2.45) is 0 Å². The third kappa shape index (κ3) is 3.67. The normalized spacial score (nSPS) is 11.6. The molecule has 20 heavy (non-hydrogen) atoms. The predicted molar refractivity (Wildman–Crippen MR) is 80.4 cm³/mol. The number of carboxylic acids is 1. The second kappa shape index (κ2) is 5.75. The van der Waals surface area contributed by atoms with Crippen molar-refractivity contribution in [3.8, 4) is 0 Å². The van der Waals surface area contributed by atoms with Gasteiger partial charge in [0.05, 0.1) is 0 Å². The van der Waals surface area contributed by atoms with Gasteiger partial charge in [-0.1, -0.05) is 56.8 Å². The number of carboxylic acid groups (broad SMARTS) is 1. The Bertz CT molecular complexity index is 591. The molecule has 1 heterocycles. The first-order valence-electron chi connectivity index (χ1n) is 6.41. The zero-order valence-electron chi connectivity index (χ0n) is 11.8. The van der Waals surface area contributed by atoms with Gasteiger partial charge in [-0.15, -0.1) is 0 Å².